The van der Waals surface area contributed by atoms with Gasteiger partial charge in [0.1, 0.15) is 5.75 Å². The summed E-state index contributed by atoms with van der Waals surface area (Å²) in [6, 6.07) is 5.42. The second-order valence-corrected chi connectivity index (χ2v) is 4.33. The Kier molecular flexibility index (Phi) is 6.50. The van der Waals surface area contributed by atoms with Crippen LogP contribution >= 0.6 is 0 Å². The maximum Gasteiger partial charge on any atom is 0.243 e. The third kappa shape index (κ3) is 5.46. The molecule has 0 unspecified atom stereocenters. The Balaban J connectivity index is 2.47. The Bertz CT molecular complexity index is 442. The fourth-order valence-electron chi connectivity index (χ4n) is 1.67. The largest absolute Gasteiger partial charge is 0.495 e. The van der Waals surface area contributed by atoms with Crippen molar-refractivity contribution in [3.63, 3.8) is 0 Å². The number of carbonyl (C=O) groups excluding carboxylic acids is 1. The molecule has 1 aromatic carbocycles. The highest BCUT2D eigenvalue weighted by Crippen LogP contribution is 2.22. The summed E-state index contributed by atoms with van der Waals surface area (Å²) in [5, 5.41) is 2.84. The molecule has 0 aromatic heterocycles. The number of nitrogen functional groups attached to an aromatic ring is 1. The monoisotopic (exact) mass is 262 g/mol. The molecule has 0 saturated heterocycles. The molecule has 1 amide bonds. The van der Waals surface area contributed by atoms with Crippen molar-refractivity contribution in [2.75, 3.05) is 19.4 Å². The van der Waals surface area contributed by atoms with Gasteiger partial charge in [-0.05, 0) is 30.2 Å². The summed E-state index contributed by atoms with van der Waals surface area (Å²) >= 11 is 0. The molecule has 4 heteroatoms. The van der Waals surface area contributed by atoms with Gasteiger partial charge in [0.2, 0.25) is 5.91 Å². The van der Waals surface area contributed by atoms with E-state index in [9.17, 15) is 4.79 Å². The number of hydrogen-bond acceptors (Lipinski definition) is 3. The minimum absolute atomic E-state index is 0.0782. The van der Waals surface area contributed by atoms with E-state index in [1.807, 2.05) is 6.07 Å². The number of ether oxygens (including phenoxy) is 1. The molecule has 0 aliphatic carbocycles. The van der Waals surface area contributed by atoms with Crippen molar-refractivity contribution in [1.82, 2.24) is 5.32 Å². The lowest BCUT2D eigenvalue weighted by Gasteiger charge is -2.04. The number of amides is 1. The number of nitrogens with two attached hydrogens (primary N) is 1. The third-order valence-electron chi connectivity index (χ3n) is 2.76. The van der Waals surface area contributed by atoms with Gasteiger partial charge >= 0.3 is 0 Å². The average Bonchev–Trinajstić information content (AvgIpc) is 2.41. The molecular formula is C15H22N2O2. The second kappa shape index (κ2) is 8.19. The van der Waals surface area contributed by atoms with Crippen LogP contribution in [0, 0.1) is 0 Å². The standard InChI is InChI=1S/C15H22N2O2/c1-3-4-5-10-17-15(18)9-7-12-6-8-14(19-2)13(16)11-12/h6-9,11H,3-5,10,16H2,1-2H3,(H,17,18)/b9-7+. The zero-order valence-corrected chi connectivity index (χ0v) is 11.6. The van der Waals surface area contributed by atoms with Crippen molar-refractivity contribution in [1.29, 1.82) is 0 Å². The number of carbonyl (C=O) groups is 1. The maximum absolute atomic E-state index is 11.5. The van der Waals surface area contributed by atoms with Gasteiger partial charge in [0.15, 0.2) is 0 Å². The van der Waals surface area contributed by atoms with Crippen molar-refractivity contribution in [3.8, 4) is 5.75 Å². The molecule has 1 rings (SSSR count). The van der Waals surface area contributed by atoms with E-state index in [1.54, 1.807) is 25.3 Å². The molecule has 3 N–H and O–H groups in total. The average molecular weight is 262 g/mol. The number of nitrogens with one attached hydrogen (secondary N) is 1. The first-order valence-electron chi connectivity index (χ1n) is 6.56. The predicted molar refractivity (Wildman–Crippen MR) is 79.0 cm³/mol. The van der Waals surface area contributed by atoms with E-state index < -0.39 is 0 Å². The summed E-state index contributed by atoms with van der Waals surface area (Å²) < 4.78 is 5.07. The minimum atomic E-state index is -0.0782. The van der Waals surface area contributed by atoms with Crippen LogP contribution in [0.25, 0.3) is 6.08 Å². The van der Waals surface area contributed by atoms with Crippen molar-refractivity contribution in [2.45, 2.75) is 26.2 Å². The van der Waals surface area contributed by atoms with Gasteiger partial charge in [0.05, 0.1) is 12.8 Å². The van der Waals surface area contributed by atoms with Crippen molar-refractivity contribution >= 4 is 17.7 Å². The highest BCUT2D eigenvalue weighted by molar-refractivity contribution is 5.91. The number of unbranched alkanes of at least 4 members (excludes halogenated alkanes) is 2. The van der Waals surface area contributed by atoms with Crippen LogP contribution in [0.4, 0.5) is 5.69 Å². The lowest BCUT2D eigenvalue weighted by Crippen LogP contribution is -2.21. The molecule has 0 radical (unpaired) electrons. The maximum atomic E-state index is 11.5. The molecule has 0 heterocycles. The Morgan fingerprint density at radius 3 is 2.84 bits per heavy atom. The quantitative estimate of drug-likeness (QED) is 0.451. The summed E-state index contributed by atoms with van der Waals surface area (Å²) in [7, 11) is 1.57. The van der Waals surface area contributed by atoms with Gasteiger partial charge in [-0.2, -0.15) is 0 Å². The molecule has 0 aliphatic rings. The summed E-state index contributed by atoms with van der Waals surface area (Å²) in [6.07, 6.45) is 6.57. The number of benzene rings is 1. The van der Waals surface area contributed by atoms with Gasteiger partial charge in [-0.15, -0.1) is 0 Å². The third-order valence-corrected chi connectivity index (χ3v) is 2.76. The Morgan fingerprint density at radius 1 is 1.42 bits per heavy atom. The highest BCUT2D eigenvalue weighted by Gasteiger charge is 1.99. The van der Waals surface area contributed by atoms with Gasteiger partial charge in [-0.1, -0.05) is 25.8 Å². The van der Waals surface area contributed by atoms with Crippen LogP contribution in [0.5, 0.6) is 5.75 Å². The van der Waals surface area contributed by atoms with E-state index in [0.29, 0.717) is 11.4 Å². The first kappa shape index (κ1) is 15.1. The molecule has 0 atom stereocenters. The van der Waals surface area contributed by atoms with Gasteiger partial charge < -0.3 is 15.8 Å². The van der Waals surface area contributed by atoms with Crippen molar-refractivity contribution in [3.05, 3.63) is 29.8 Å². The van der Waals surface area contributed by atoms with Crippen LogP contribution in [0.2, 0.25) is 0 Å². The van der Waals surface area contributed by atoms with Crippen LogP contribution in [0.15, 0.2) is 24.3 Å². The van der Waals surface area contributed by atoms with Crippen LogP contribution in [0.1, 0.15) is 31.7 Å². The van der Waals surface area contributed by atoms with Gasteiger partial charge in [0, 0.05) is 12.6 Å². The smallest absolute Gasteiger partial charge is 0.243 e. The topological polar surface area (TPSA) is 64.3 Å². The molecular weight excluding hydrogens is 240 g/mol. The number of hydrogen-bond donors (Lipinski definition) is 2. The zero-order chi connectivity index (χ0) is 14.1. The first-order valence-corrected chi connectivity index (χ1v) is 6.56. The number of rotatable bonds is 7. The molecule has 0 fully saturated rings. The zero-order valence-electron chi connectivity index (χ0n) is 11.6. The summed E-state index contributed by atoms with van der Waals surface area (Å²) in [5.74, 6) is 0.562. The minimum Gasteiger partial charge on any atom is -0.495 e. The molecule has 19 heavy (non-hydrogen) atoms. The molecule has 0 saturated carbocycles. The van der Waals surface area contributed by atoms with Gasteiger partial charge in [0.25, 0.3) is 0 Å². The van der Waals surface area contributed by atoms with E-state index in [1.165, 1.54) is 6.08 Å². The van der Waals surface area contributed by atoms with Crippen molar-refractivity contribution < 1.29 is 9.53 Å². The summed E-state index contributed by atoms with van der Waals surface area (Å²) in [5.41, 5.74) is 7.23. The lowest BCUT2D eigenvalue weighted by molar-refractivity contribution is -0.116. The number of methoxy groups -OCH3 is 1. The Labute approximate surface area is 114 Å². The lowest BCUT2D eigenvalue weighted by atomic mass is 10.1. The van der Waals surface area contributed by atoms with Gasteiger partial charge in [-0.25, -0.2) is 0 Å². The van der Waals surface area contributed by atoms with E-state index >= 15 is 0 Å². The highest BCUT2D eigenvalue weighted by atomic mass is 16.5. The van der Waals surface area contributed by atoms with Crippen LogP contribution < -0.4 is 15.8 Å². The molecule has 104 valence electrons. The Hall–Kier alpha value is -1.97. The van der Waals surface area contributed by atoms with Crippen LogP contribution in [-0.2, 0) is 4.79 Å². The molecule has 0 bridgehead atoms. The SMILES string of the molecule is CCCCCNC(=O)/C=C/c1ccc(OC)c(N)c1. The predicted octanol–water partition coefficient (Wildman–Crippen LogP) is 2.60. The molecule has 0 aliphatic heterocycles. The van der Waals surface area contributed by atoms with Crippen LogP contribution in [-0.4, -0.2) is 19.6 Å². The fraction of sp³-hybridized carbons (Fsp3) is 0.400. The summed E-state index contributed by atoms with van der Waals surface area (Å²) in [4.78, 5) is 11.5. The van der Waals surface area contributed by atoms with E-state index in [0.717, 1.165) is 31.4 Å². The molecule has 0 spiro atoms. The fourth-order valence-corrected chi connectivity index (χ4v) is 1.67. The van der Waals surface area contributed by atoms with Crippen molar-refractivity contribution in [2.24, 2.45) is 0 Å². The second-order valence-electron chi connectivity index (χ2n) is 4.33. The molecule has 1 aromatic rings. The van der Waals surface area contributed by atoms with E-state index in [-0.39, 0.29) is 5.91 Å². The van der Waals surface area contributed by atoms with Crippen LogP contribution in [0.3, 0.4) is 0 Å². The molecule has 4 nitrogen and oxygen atoms in total. The first-order chi connectivity index (χ1) is 9.17. The Morgan fingerprint density at radius 2 is 2.21 bits per heavy atom. The van der Waals surface area contributed by atoms with E-state index in [2.05, 4.69) is 12.2 Å². The number of anilines is 1. The normalized spacial score (nSPS) is 10.6. The summed E-state index contributed by atoms with van der Waals surface area (Å²) in [6.45, 7) is 2.86. The van der Waals surface area contributed by atoms with E-state index in [4.69, 9.17) is 10.5 Å². The van der Waals surface area contributed by atoms with Gasteiger partial charge in [-0.3, -0.25) is 4.79 Å².